The van der Waals surface area contributed by atoms with Crippen LogP contribution in [0.3, 0.4) is 0 Å². The Labute approximate surface area is 195 Å². The number of carbonyl (C=O) groups excluding carboxylic acids is 2. The van der Waals surface area contributed by atoms with Gasteiger partial charge in [-0.1, -0.05) is 37.3 Å². The van der Waals surface area contributed by atoms with Crippen molar-refractivity contribution in [1.82, 2.24) is 10.2 Å². The van der Waals surface area contributed by atoms with E-state index in [0.29, 0.717) is 17.7 Å². The van der Waals surface area contributed by atoms with Crippen LogP contribution in [0, 0.1) is 5.82 Å². The molecule has 0 radical (unpaired) electrons. The molecule has 0 aliphatic heterocycles. The molecule has 2 aromatic rings. The molecule has 1 N–H and O–H groups in total. The first-order valence-electron chi connectivity index (χ1n) is 10.7. The fourth-order valence-electron chi connectivity index (χ4n) is 3.37. The Bertz CT molecular complexity index is 1050. The molecule has 2 amide bonds. The minimum Gasteiger partial charge on any atom is -0.350 e. The molecule has 2 aromatic carbocycles. The average molecular weight is 478 g/mol. The second-order valence-corrected chi connectivity index (χ2v) is 10.8. The molecule has 0 aliphatic carbocycles. The molecule has 0 aromatic heterocycles. The Hall–Kier alpha value is -2.94. The average Bonchev–Trinajstić information content (AvgIpc) is 2.71. The van der Waals surface area contributed by atoms with Crippen molar-refractivity contribution >= 4 is 27.5 Å². The van der Waals surface area contributed by atoms with Crippen LogP contribution in [0.15, 0.2) is 54.6 Å². The van der Waals surface area contributed by atoms with Crippen molar-refractivity contribution in [2.45, 2.75) is 52.2 Å². The molecule has 0 aliphatic rings. The van der Waals surface area contributed by atoms with Gasteiger partial charge in [-0.25, -0.2) is 12.8 Å². The van der Waals surface area contributed by atoms with Crippen molar-refractivity contribution in [3.05, 3.63) is 66.0 Å². The van der Waals surface area contributed by atoms with Crippen molar-refractivity contribution < 1.29 is 22.4 Å². The molecular weight excluding hydrogens is 445 g/mol. The van der Waals surface area contributed by atoms with E-state index in [-0.39, 0.29) is 12.5 Å². The maximum Gasteiger partial charge on any atom is 0.244 e. The molecule has 0 spiro atoms. The van der Waals surface area contributed by atoms with Gasteiger partial charge < -0.3 is 10.2 Å². The molecule has 0 saturated carbocycles. The number of para-hydroxylation sites is 1. The maximum atomic E-state index is 13.5. The van der Waals surface area contributed by atoms with Gasteiger partial charge in [0.2, 0.25) is 21.8 Å². The number of anilines is 1. The fourth-order valence-corrected chi connectivity index (χ4v) is 4.22. The highest BCUT2D eigenvalue weighted by molar-refractivity contribution is 7.92. The van der Waals surface area contributed by atoms with Gasteiger partial charge in [0.15, 0.2) is 0 Å². The predicted molar refractivity (Wildman–Crippen MR) is 128 cm³/mol. The Morgan fingerprint density at radius 1 is 1.03 bits per heavy atom. The summed E-state index contributed by atoms with van der Waals surface area (Å²) >= 11 is 0. The minimum absolute atomic E-state index is 0.0293. The molecule has 33 heavy (non-hydrogen) atoms. The van der Waals surface area contributed by atoms with E-state index in [2.05, 4.69) is 5.32 Å². The molecule has 0 fully saturated rings. The summed E-state index contributed by atoms with van der Waals surface area (Å²) in [7, 11) is -3.77. The first-order chi connectivity index (χ1) is 15.3. The van der Waals surface area contributed by atoms with Crippen molar-refractivity contribution in [2.75, 3.05) is 17.1 Å². The number of halogens is 1. The molecule has 1 atom stereocenters. The Morgan fingerprint density at radius 3 is 2.09 bits per heavy atom. The van der Waals surface area contributed by atoms with E-state index in [1.807, 2.05) is 20.8 Å². The molecule has 1 unspecified atom stereocenters. The van der Waals surface area contributed by atoms with E-state index in [1.165, 1.54) is 29.2 Å². The smallest absolute Gasteiger partial charge is 0.244 e. The second-order valence-electron chi connectivity index (χ2n) is 8.92. The highest BCUT2D eigenvalue weighted by atomic mass is 32.2. The lowest BCUT2D eigenvalue weighted by Gasteiger charge is -2.34. The quantitative estimate of drug-likeness (QED) is 0.600. The van der Waals surface area contributed by atoms with E-state index < -0.39 is 39.9 Å². The zero-order valence-corrected chi connectivity index (χ0v) is 20.5. The maximum absolute atomic E-state index is 13.5. The fraction of sp³-hybridized carbons (Fsp3) is 0.417. The van der Waals surface area contributed by atoms with Crippen molar-refractivity contribution in [1.29, 1.82) is 0 Å². The molecule has 0 bridgehead atoms. The molecular formula is C24H32FN3O4S. The number of benzene rings is 2. The number of hydrogen-bond donors (Lipinski definition) is 1. The van der Waals surface area contributed by atoms with Crippen LogP contribution < -0.4 is 9.62 Å². The highest BCUT2D eigenvalue weighted by Gasteiger charge is 2.33. The van der Waals surface area contributed by atoms with E-state index in [0.717, 1.165) is 10.6 Å². The highest BCUT2D eigenvalue weighted by Crippen LogP contribution is 2.19. The summed E-state index contributed by atoms with van der Waals surface area (Å²) in [5.41, 5.74) is 0.456. The summed E-state index contributed by atoms with van der Waals surface area (Å²) in [4.78, 5) is 27.9. The summed E-state index contributed by atoms with van der Waals surface area (Å²) in [5, 5.41) is 2.89. The van der Waals surface area contributed by atoms with Gasteiger partial charge in [-0.2, -0.15) is 0 Å². The first-order valence-corrected chi connectivity index (χ1v) is 12.6. The third-order valence-electron chi connectivity index (χ3n) is 4.87. The van der Waals surface area contributed by atoms with Crippen LogP contribution in [0.1, 0.15) is 39.7 Å². The third-order valence-corrected chi connectivity index (χ3v) is 6.01. The third kappa shape index (κ3) is 7.85. The molecule has 0 heterocycles. The van der Waals surface area contributed by atoms with Crippen LogP contribution in [0.25, 0.3) is 0 Å². The number of amides is 2. The Morgan fingerprint density at radius 2 is 1.61 bits per heavy atom. The normalized spacial score (nSPS) is 12.7. The summed E-state index contributed by atoms with van der Waals surface area (Å²) in [6.45, 7) is 6.86. The van der Waals surface area contributed by atoms with Crippen molar-refractivity contribution in [3.63, 3.8) is 0 Å². The summed E-state index contributed by atoms with van der Waals surface area (Å²) in [6, 6.07) is 13.1. The molecule has 9 heteroatoms. The number of sulfonamides is 1. The van der Waals surface area contributed by atoms with E-state index in [1.54, 1.807) is 37.3 Å². The predicted octanol–water partition coefficient (Wildman–Crippen LogP) is 3.31. The topological polar surface area (TPSA) is 86.8 Å². The van der Waals surface area contributed by atoms with Crippen LogP contribution in [0.4, 0.5) is 10.1 Å². The number of carbonyl (C=O) groups is 2. The Kier molecular flexibility index (Phi) is 8.60. The lowest BCUT2D eigenvalue weighted by molar-refractivity contribution is -0.141. The van der Waals surface area contributed by atoms with E-state index in [4.69, 9.17) is 0 Å². The zero-order valence-electron chi connectivity index (χ0n) is 19.7. The lowest BCUT2D eigenvalue weighted by Crippen LogP contribution is -2.55. The monoisotopic (exact) mass is 477 g/mol. The second kappa shape index (κ2) is 10.8. The standard InChI is InChI=1S/C24H32FN3O4S/c1-6-21(23(30)26-24(2,3)4)27(16-18-12-14-19(25)15-13-18)22(29)17-28(33(5,31)32)20-10-8-7-9-11-20/h7-15,21H,6,16-17H2,1-5H3,(H,26,30). The van der Waals surface area contributed by atoms with Gasteiger partial charge >= 0.3 is 0 Å². The molecule has 2 rings (SSSR count). The zero-order chi connectivity index (χ0) is 24.8. The van der Waals surface area contributed by atoms with E-state index in [9.17, 15) is 22.4 Å². The van der Waals surface area contributed by atoms with Gasteiger partial charge in [-0.3, -0.25) is 13.9 Å². The van der Waals surface area contributed by atoms with Crippen LogP contribution in [-0.2, 0) is 26.2 Å². The summed E-state index contributed by atoms with van der Waals surface area (Å²) < 4.78 is 39.4. The lowest BCUT2D eigenvalue weighted by atomic mass is 10.1. The van der Waals surface area contributed by atoms with Crippen molar-refractivity contribution in [2.24, 2.45) is 0 Å². The van der Waals surface area contributed by atoms with Crippen LogP contribution >= 0.6 is 0 Å². The number of rotatable bonds is 9. The van der Waals surface area contributed by atoms with Crippen LogP contribution in [0.5, 0.6) is 0 Å². The van der Waals surface area contributed by atoms with Gasteiger partial charge in [0.25, 0.3) is 0 Å². The van der Waals surface area contributed by atoms with Crippen molar-refractivity contribution in [3.8, 4) is 0 Å². The van der Waals surface area contributed by atoms with Gasteiger partial charge in [0.1, 0.15) is 18.4 Å². The van der Waals surface area contributed by atoms with Gasteiger partial charge in [0.05, 0.1) is 11.9 Å². The summed E-state index contributed by atoms with van der Waals surface area (Å²) in [5.74, 6) is -1.29. The molecule has 180 valence electrons. The first kappa shape index (κ1) is 26.3. The van der Waals surface area contributed by atoms with Gasteiger partial charge in [0, 0.05) is 12.1 Å². The minimum atomic E-state index is -3.77. The summed E-state index contributed by atoms with van der Waals surface area (Å²) in [6.07, 6.45) is 1.35. The van der Waals surface area contributed by atoms with Crippen LogP contribution in [-0.4, -0.2) is 49.5 Å². The molecule has 0 saturated heterocycles. The van der Waals surface area contributed by atoms with Gasteiger partial charge in [-0.15, -0.1) is 0 Å². The van der Waals surface area contributed by atoms with Gasteiger partial charge in [-0.05, 0) is 57.0 Å². The number of nitrogens with zero attached hydrogens (tertiary/aromatic N) is 2. The molecule has 7 nitrogen and oxygen atoms in total. The Balaban J connectivity index is 2.42. The number of nitrogens with one attached hydrogen (secondary N) is 1. The van der Waals surface area contributed by atoms with Crippen LogP contribution in [0.2, 0.25) is 0 Å². The largest absolute Gasteiger partial charge is 0.350 e. The van der Waals surface area contributed by atoms with E-state index >= 15 is 0 Å². The number of hydrogen-bond acceptors (Lipinski definition) is 4. The SMILES string of the molecule is CCC(C(=O)NC(C)(C)C)N(Cc1ccc(F)cc1)C(=O)CN(c1ccccc1)S(C)(=O)=O.